The molecule has 4 amide bonds. The molecule has 1 fully saturated rings. The molecule has 1 aliphatic rings. The van der Waals surface area contributed by atoms with E-state index >= 15 is 0 Å². The van der Waals surface area contributed by atoms with Crippen molar-refractivity contribution >= 4 is 91.0 Å². The Balaban J connectivity index is 1.18. The fourth-order valence-corrected chi connectivity index (χ4v) is 8.05. The van der Waals surface area contributed by atoms with Crippen molar-refractivity contribution in [1.29, 1.82) is 0 Å². The van der Waals surface area contributed by atoms with Crippen LogP contribution in [0.25, 0.3) is 20.4 Å². The van der Waals surface area contributed by atoms with Crippen LogP contribution < -0.4 is 21.3 Å². The molecule has 6 N–H and O–H groups in total. The first-order valence-corrected chi connectivity index (χ1v) is 14.8. The van der Waals surface area contributed by atoms with E-state index in [-0.39, 0.29) is 28.9 Å². The normalized spacial score (nSPS) is 20.8. The highest BCUT2D eigenvalue weighted by atomic mass is 32.2. The smallest absolute Gasteiger partial charge is 0.319 e. The second-order valence-electron chi connectivity index (χ2n) is 11.1. The number of hydrogen-bond acceptors (Lipinski definition) is 6. The summed E-state index contributed by atoms with van der Waals surface area (Å²) in [6.07, 6.45) is 2.57. The summed E-state index contributed by atoms with van der Waals surface area (Å²) < 4.78 is 3.42. The summed E-state index contributed by atoms with van der Waals surface area (Å²) in [5.41, 5.74) is 3.20. The van der Waals surface area contributed by atoms with Crippen molar-refractivity contribution in [3.63, 3.8) is 0 Å². The minimum absolute atomic E-state index is 0.0112. The molecule has 4 aromatic rings. The van der Waals surface area contributed by atoms with Crippen LogP contribution in [0.4, 0.5) is 21.0 Å². The van der Waals surface area contributed by atoms with Crippen LogP contribution in [-0.2, 0) is 0 Å². The second kappa shape index (κ2) is 10.4. The van der Waals surface area contributed by atoms with Crippen LogP contribution in [0.1, 0.15) is 40.0 Å². The lowest BCUT2D eigenvalue weighted by Gasteiger charge is -2.46. The van der Waals surface area contributed by atoms with Crippen LogP contribution in [-0.4, -0.2) is 34.6 Å². The first-order chi connectivity index (χ1) is 18.0. The lowest BCUT2D eigenvalue weighted by atomic mass is 9.62. The molecule has 0 saturated heterocycles. The van der Waals surface area contributed by atoms with Crippen LogP contribution >= 0.6 is 47.1 Å². The topological polar surface area (TPSA) is 114 Å². The quantitative estimate of drug-likeness (QED) is 0.134. The molecule has 2 heterocycles. The molecule has 1 aliphatic carbocycles. The zero-order chi connectivity index (χ0) is 27.1. The number of rotatable bonds is 5. The molecule has 0 radical (unpaired) electrons. The minimum Gasteiger partial charge on any atom is -0.337 e. The highest BCUT2D eigenvalue weighted by Gasteiger charge is 2.41. The Bertz CT molecular complexity index is 1630. The van der Waals surface area contributed by atoms with Gasteiger partial charge in [-0.3, -0.25) is 0 Å². The summed E-state index contributed by atoms with van der Waals surface area (Å²) in [5.74, 6) is 0. The van der Waals surface area contributed by atoms with Gasteiger partial charge in [-0.15, -0.1) is 22.7 Å². The molecule has 0 spiro atoms. The minimum atomic E-state index is -0.251. The summed E-state index contributed by atoms with van der Waals surface area (Å²) in [6.45, 7) is 7.10. The SMILES string of the molecule is CC1(C)CC(NC(=O)Nc2ccc3[nH]c(=S)sc3c2)CC(C)(CNC(=O)Nc2ccc3[nH]c(=S)sc3c2)C1. The van der Waals surface area contributed by atoms with Gasteiger partial charge in [-0.1, -0.05) is 20.8 Å². The first kappa shape index (κ1) is 26.8. The molecule has 200 valence electrons. The van der Waals surface area contributed by atoms with E-state index in [9.17, 15) is 9.59 Å². The molecule has 8 nitrogen and oxygen atoms in total. The van der Waals surface area contributed by atoms with E-state index < -0.39 is 0 Å². The predicted molar refractivity (Wildman–Crippen MR) is 163 cm³/mol. The standard InChI is InChI=1S/C26H30N6O2S4/c1-25(2)10-16(30-22(34)29-15-5-7-18-20(9-15)38-24(36)32-18)11-26(3,12-25)13-27-21(33)28-14-4-6-17-19(8-14)37-23(35)31-17/h4-9,16H,10-13H2,1-3H3,(H,31,35)(H,32,36)(H2,27,28,33)(H2,29,30,34). The highest BCUT2D eigenvalue weighted by molar-refractivity contribution is 7.74. The Hall–Kier alpha value is -2.80. The van der Waals surface area contributed by atoms with Crippen molar-refractivity contribution in [2.24, 2.45) is 10.8 Å². The molecule has 0 aliphatic heterocycles. The van der Waals surface area contributed by atoms with E-state index in [1.54, 1.807) is 0 Å². The zero-order valence-electron chi connectivity index (χ0n) is 21.3. The molecule has 12 heteroatoms. The summed E-state index contributed by atoms with van der Waals surface area (Å²) in [5, 5.41) is 12.1. The van der Waals surface area contributed by atoms with Gasteiger partial charge in [-0.25, -0.2) is 9.59 Å². The number of carbonyl (C=O) groups is 2. The van der Waals surface area contributed by atoms with Gasteiger partial charge in [0.25, 0.3) is 0 Å². The van der Waals surface area contributed by atoms with Crippen molar-refractivity contribution in [2.75, 3.05) is 17.2 Å². The van der Waals surface area contributed by atoms with Crippen molar-refractivity contribution < 1.29 is 9.59 Å². The number of fused-ring (bicyclic) bond motifs is 2. The molecule has 38 heavy (non-hydrogen) atoms. The third-order valence-corrected chi connectivity index (χ3v) is 9.21. The fraction of sp³-hybridized carbons (Fsp3) is 0.385. The summed E-state index contributed by atoms with van der Waals surface area (Å²) in [4.78, 5) is 31.8. The Kier molecular flexibility index (Phi) is 7.33. The summed E-state index contributed by atoms with van der Waals surface area (Å²) >= 11 is 13.4. The van der Waals surface area contributed by atoms with Gasteiger partial charge in [0.1, 0.15) is 0 Å². The van der Waals surface area contributed by atoms with Gasteiger partial charge in [-0.2, -0.15) is 0 Å². The maximum absolute atomic E-state index is 12.9. The first-order valence-electron chi connectivity index (χ1n) is 12.3. The van der Waals surface area contributed by atoms with Crippen molar-refractivity contribution in [3.8, 4) is 0 Å². The molecule has 1 saturated carbocycles. The number of urea groups is 2. The molecular weight excluding hydrogens is 557 g/mol. The average Bonchev–Trinajstić information content (AvgIpc) is 3.36. The van der Waals surface area contributed by atoms with Crippen molar-refractivity contribution in [2.45, 2.75) is 46.1 Å². The van der Waals surface area contributed by atoms with Crippen LogP contribution in [0, 0.1) is 18.7 Å². The molecule has 2 aromatic carbocycles. The Morgan fingerprint density at radius 2 is 1.45 bits per heavy atom. The summed E-state index contributed by atoms with van der Waals surface area (Å²) in [7, 11) is 0. The third-order valence-electron chi connectivity index (χ3n) is 6.81. The van der Waals surface area contributed by atoms with E-state index in [1.807, 2.05) is 36.4 Å². The number of benzene rings is 2. The number of H-pyrrole nitrogens is 2. The molecule has 2 atom stereocenters. The molecule has 2 unspecified atom stereocenters. The van der Waals surface area contributed by atoms with Gasteiger partial charge >= 0.3 is 12.1 Å². The number of hydrogen-bond donors (Lipinski definition) is 6. The van der Waals surface area contributed by atoms with E-state index in [0.717, 1.165) is 45.4 Å². The lowest BCUT2D eigenvalue weighted by Crippen LogP contribution is -2.51. The number of thiazole rings is 2. The Labute approximate surface area is 238 Å². The van der Waals surface area contributed by atoms with Gasteiger partial charge in [-0.05, 0) is 90.9 Å². The largest absolute Gasteiger partial charge is 0.337 e. The Morgan fingerprint density at radius 1 is 0.895 bits per heavy atom. The van der Waals surface area contributed by atoms with Gasteiger partial charge in [0.2, 0.25) is 0 Å². The number of anilines is 2. The van der Waals surface area contributed by atoms with Crippen molar-refractivity contribution in [3.05, 3.63) is 44.3 Å². The molecule has 2 aromatic heterocycles. The van der Waals surface area contributed by atoms with Gasteiger partial charge in [0.05, 0.1) is 20.4 Å². The third kappa shape index (κ3) is 6.42. The van der Waals surface area contributed by atoms with Crippen LogP contribution in [0.5, 0.6) is 0 Å². The van der Waals surface area contributed by atoms with E-state index in [1.165, 1.54) is 22.7 Å². The van der Waals surface area contributed by atoms with Crippen LogP contribution in [0.2, 0.25) is 0 Å². The average molecular weight is 587 g/mol. The van der Waals surface area contributed by atoms with Gasteiger partial charge < -0.3 is 31.2 Å². The van der Waals surface area contributed by atoms with E-state index in [0.29, 0.717) is 20.1 Å². The van der Waals surface area contributed by atoms with Crippen LogP contribution in [0.3, 0.4) is 0 Å². The second-order valence-corrected chi connectivity index (χ2v) is 14.6. The fourth-order valence-electron chi connectivity index (χ4n) is 5.74. The predicted octanol–water partition coefficient (Wildman–Crippen LogP) is 7.76. The molecule has 0 bridgehead atoms. The maximum atomic E-state index is 12.9. The number of aromatic nitrogens is 2. The molecular formula is C26H30N6O2S4. The maximum Gasteiger partial charge on any atom is 0.319 e. The van der Waals surface area contributed by atoms with E-state index in [2.05, 4.69) is 52.0 Å². The van der Waals surface area contributed by atoms with E-state index in [4.69, 9.17) is 24.4 Å². The highest BCUT2D eigenvalue weighted by Crippen LogP contribution is 2.45. The number of amides is 4. The van der Waals surface area contributed by atoms with Gasteiger partial charge in [0, 0.05) is 24.0 Å². The molecule has 5 rings (SSSR count). The van der Waals surface area contributed by atoms with Crippen molar-refractivity contribution in [1.82, 2.24) is 20.6 Å². The number of aromatic amines is 2. The van der Waals surface area contributed by atoms with Crippen LogP contribution in [0.15, 0.2) is 36.4 Å². The lowest BCUT2D eigenvalue weighted by molar-refractivity contribution is 0.0761. The monoisotopic (exact) mass is 586 g/mol. The number of carbonyl (C=O) groups excluding carboxylic acids is 2. The Morgan fingerprint density at radius 3 is 2.03 bits per heavy atom. The number of nitrogens with one attached hydrogen (secondary N) is 6. The summed E-state index contributed by atoms with van der Waals surface area (Å²) in [6, 6.07) is 10.9. The zero-order valence-corrected chi connectivity index (χ0v) is 24.6. The van der Waals surface area contributed by atoms with Gasteiger partial charge in [0.15, 0.2) is 7.91 Å².